The molecule has 30 heavy (non-hydrogen) atoms. The minimum atomic E-state index is -3.32. The number of hydrogen-bond acceptors (Lipinski definition) is 6. The van der Waals surface area contributed by atoms with Gasteiger partial charge in [0, 0.05) is 51.0 Å². The second-order valence-electron chi connectivity index (χ2n) is 8.33. The molecule has 2 aromatic rings. The maximum atomic E-state index is 12.8. The van der Waals surface area contributed by atoms with Gasteiger partial charge in [-0.05, 0) is 18.1 Å². The Morgan fingerprint density at radius 1 is 1.27 bits per heavy atom. The molecule has 2 fully saturated rings. The van der Waals surface area contributed by atoms with Crippen molar-refractivity contribution in [3.63, 3.8) is 0 Å². The lowest BCUT2D eigenvalue weighted by Gasteiger charge is -2.50. The van der Waals surface area contributed by atoms with Crippen LogP contribution in [0, 0.1) is 5.41 Å². The number of carbonyl (C=O) groups is 1. The Morgan fingerprint density at radius 2 is 2.00 bits per heavy atom. The van der Waals surface area contributed by atoms with Crippen molar-refractivity contribution in [2.24, 2.45) is 12.5 Å². The first-order valence-corrected chi connectivity index (χ1v) is 11.8. The quantitative estimate of drug-likeness (QED) is 0.663. The van der Waals surface area contributed by atoms with Gasteiger partial charge in [-0.15, -0.1) is 10.2 Å². The third-order valence-corrected chi connectivity index (χ3v) is 7.52. The number of ether oxygens (including phenoxy) is 1. The van der Waals surface area contributed by atoms with Gasteiger partial charge in [0.05, 0.1) is 13.4 Å². The first-order valence-electron chi connectivity index (χ1n) is 9.92. The highest BCUT2D eigenvalue weighted by Gasteiger charge is 2.58. The van der Waals surface area contributed by atoms with Crippen molar-refractivity contribution in [3.8, 4) is 5.75 Å². The van der Waals surface area contributed by atoms with Crippen LogP contribution in [-0.4, -0.2) is 77.8 Å². The number of likely N-dealkylation sites (tertiary alicyclic amines) is 1. The summed E-state index contributed by atoms with van der Waals surface area (Å²) in [5.41, 5.74) is 0.689. The van der Waals surface area contributed by atoms with Crippen LogP contribution in [0.4, 0.5) is 0 Å². The number of rotatable bonds is 6. The van der Waals surface area contributed by atoms with E-state index in [1.807, 2.05) is 40.8 Å². The molecule has 0 N–H and O–H groups in total. The summed E-state index contributed by atoms with van der Waals surface area (Å²) in [7, 11) is 0.167. The monoisotopic (exact) mass is 433 g/mol. The first-order chi connectivity index (χ1) is 14.2. The van der Waals surface area contributed by atoms with Gasteiger partial charge in [0.1, 0.15) is 17.9 Å². The SMILES string of the molecule is COc1ccccc1CCC(=O)N1CC2(C1)CN(S(C)(=O)=O)CC2c1nncn1C. The largest absolute Gasteiger partial charge is 0.496 e. The summed E-state index contributed by atoms with van der Waals surface area (Å²) in [6, 6.07) is 7.70. The molecule has 0 aliphatic carbocycles. The average Bonchev–Trinajstić information content (AvgIpc) is 3.28. The zero-order valence-electron chi connectivity index (χ0n) is 17.5. The van der Waals surface area contributed by atoms with E-state index in [-0.39, 0.29) is 17.2 Å². The van der Waals surface area contributed by atoms with Crippen LogP contribution >= 0.6 is 0 Å². The highest BCUT2D eigenvalue weighted by molar-refractivity contribution is 7.88. The molecule has 1 spiro atoms. The summed E-state index contributed by atoms with van der Waals surface area (Å²) in [5, 5.41) is 8.19. The summed E-state index contributed by atoms with van der Waals surface area (Å²) in [4.78, 5) is 14.6. The molecular weight excluding hydrogens is 406 g/mol. The Bertz CT molecular complexity index is 1040. The molecule has 0 radical (unpaired) electrons. The van der Waals surface area contributed by atoms with Crippen LogP contribution in [-0.2, 0) is 28.3 Å². The summed E-state index contributed by atoms with van der Waals surface area (Å²) >= 11 is 0. The van der Waals surface area contributed by atoms with Crippen molar-refractivity contribution in [1.29, 1.82) is 0 Å². The maximum Gasteiger partial charge on any atom is 0.222 e. The normalized spacial score (nSPS) is 21.0. The van der Waals surface area contributed by atoms with E-state index in [2.05, 4.69) is 10.2 Å². The van der Waals surface area contributed by atoms with Crippen molar-refractivity contribution < 1.29 is 17.9 Å². The molecule has 1 atom stereocenters. The van der Waals surface area contributed by atoms with Crippen LogP contribution in [0.1, 0.15) is 23.7 Å². The minimum absolute atomic E-state index is 0.0704. The number of hydrogen-bond donors (Lipinski definition) is 0. The Balaban J connectivity index is 1.45. The first kappa shape index (κ1) is 20.8. The van der Waals surface area contributed by atoms with E-state index >= 15 is 0 Å². The third kappa shape index (κ3) is 3.69. The fourth-order valence-corrected chi connectivity index (χ4v) is 5.57. The number of benzene rings is 1. The van der Waals surface area contributed by atoms with Gasteiger partial charge in [-0.3, -0.25) is 4.79 Å². The zero-order valence-corrected chi connectivity index (χ0v) is 18.3. The smallest absolute Gasteiger partial charge is 0.222 e. The Kier molecular flexibility index (Phi) is 5.31. The zero-order chi connectivity index (χ0) is 21.5. The number of aromatic nitrogens is 3. The molecule has 2 aliphatic heterocycles. The molecule has 0 saturated carbocycles. The summed E-state index contributed by atoms with van der Waals surface area (Å²) in [6.45, 7) is 1.83. The molecule has 162 valence electrons. The molecule has 1 aromatic heterocycles. The van der Waals surface area contributed by atoms with Crippen molar-refractivity contribution in [2.75, 3.05) is 39.5 Å². The Hall–Kier alpha value is -2.46. The van der Waals surface area contributed by atoms with Gasteiger partial charge in [-0.25, -0.2) is 12.7 Å². The second-order valence-corrected chi connectivity index (χ2v) is 10.3. The molecule has 1 aromatic carbocycles. The average molecular weight is 434 g/mol. The molecular formula is C20H27N5O4S. The van der Waals surface area contributed by atoms with E-state index in [1.165, 1.54) is 10.6 Å². The molecule has 2 aliphatic rings. The second kappa shape index (κ2) is 7.66. The van der Waals surface area contributed by atoms with Crippen molar-refractivity contribution in [1.82, 2.24) is 24.0 Å². The van der Waals surface area contributed by atoms with Crippen LogP contribution in [0.2, 0.25) is 0 Å². The summed E-state index contributed by atoms with van der Waals surface area (Å²) in [6.07, 6.45) is 3.85. The van der Waals surface area contributed by atoms with Crippen molar-refractivity contribution >= 4 is 15.9 Å². The number of nitrogens with zero attached hydrogens (tertiary/aromatic N) is 5. The lowest BCUT2D eigenvalue weighted by molar-refractivity contribution is -0.143. The lowest BCUT2D eigenvalue weighted by Crippen LogP contribution is -2.61. The lowest BCUT2D eigenvalue weighted by atomic mass is 9.71. The van der Waals surface area contributed by atoms with Crippen LogP contribution in [0.3, 0.4) is 0 Å². The highest BCUT2D eigenvalue weighted by atomic mass is 32.2. The van der Waals surface area contributed by atoms with E-state index in [9.17, 15) is 13.2 Å². The van der Waals surface area contributed by atoms with E-state index in [4.69, 9.17) is 4.74 Å². The molecule has 2 saturated heterocycles. The number of methoxy groups -OCH3 is 1. The van der Waals surface area contributed by atoms with E-state index in [0.717, 1.165) is 17.1 Å². The van der Waals surface area contributed by atoms with Gasteiger partial charge < -0.3 is 14.2 Å². The molecule has 1 amide bonds. The molecule has 10 heteroatoms. The number of sulfonamides is 1. The molecule has 1 unspecified atom stereocenters. The number of aryl methyl sites for hydroxylation is 2. The van der Waals surface area contributed by atoms with Gasteiger partial charge in [-0.1, -0.05) is 18.2 Å². The molecule has 3 heterocycles. The van der Waals surface area contributed by atoms with Crippen LogP contribution in [0.25, 0.3) is 0 Å². The van der Waals surface area contributed by atoms with E-state index < -0.39 is 10.0 Å². The summed E-state index contributed by atoms with van der Waals surface area (Å²) < 4.78 is 33.1. The highest BCUT2D eigenvalue weighted by Crippen LogP contribution is 2.49. The molecule has 4 rings (SSSR count). The number of para-hydroxylation sites is 1. The molecule has 9 nitrogen and oxygen atoms in total. The van der Waals surface area contributed by atoms with Gasteiger partial charge in [-0.2, -0.15) is 0 Å². The fourth-order valence-electron chi connectivity index (χ4n) is 4.66. The Morgan fingerprint density at radius 3 is 2.63 bits per heavy atom. The predicted octanol–water partition coefficient (Wildman–Crippen LogP) is 0.644. The summed E-state index contributed by atoms with van der Waals surface area (Å²) in [5.74, 6) is 1.54. The van der Waals surface area contributed by atoms with Gasteiger partial charge >= 0.3 is 0 Å². The van der Waals surface area contributed by atoms with E-state index in [1.54, 1.807) is 13.4 Å². The topological polar surface area (TPSA) is 97.6 Å². The Labute approximate surface area is 176 Å². The standard InChI is InChI=1S/C20H27N5O4S/c1-23-14-21-22-19(23)16-10-25(30(3,27)28)13-20(16)11-24(12-20)18(26)9-8-15-6-4-5-7-17(15)29-2/h4-7,14,16H,8-13H2,1-3H3. The van der Waals surface area contributed by atoms with Crippen molar-refractivity contribution in [3.05, 3.63) is 42.0 Å². The van der Waals surface area contributed by atoms with E-state index in [0.29, 0.717) is 39.0 Å². The number of amides is 1. The van der Waals surface area contributed by atoms with Gasteiger partial charge in [0.25, 0.3) is 0 Å². The van der Waals surface area contributed by atoms with Gasteiger partial charge in [0.15, 0.2) is 0 Å². The third-order valence-electron chi connectivity index (χ3n) is 6.31. The maximum absolute atomic E-state index is 12.8. The predicted molar refractivity (Wildman–Crippen MR) is 110 cm³/mol. The van der Waals surface area contributed by atoms with Crippen LogP contribution in [0.15, 0.2) is 30.6 Å². The van der Waals surface area contributed by atoms with Gasteiger partial charge in [0.2, 0.25) is 15.9 Å². The van der Waals surface area contributed by atoms with Crippen LogP contribution in [0.5, 0.6) is 5.75 Å². The van der Waals surface area contributed by atoms with Crippen LogP contribution < -0.4 is 4.74 Å². The number of carbonyl (C=O) groups excluding carboxylic acids is 1. The minimum Gasteiger partial charge on any atom is -0.496 e. The molecule has 0 bridgehead atoms. The fraction of sp³-hybridized carbons (Fsp3) is 0.550. The van der Waals surface area contributed by atoms with Crippen molar-refractivity contribution in [2.45, 2.75) is 18.8 Å².